The molecule has 8 heteroatoms. The number of aliphatic carboxylic acids is 1. The molecule has 0 spiro atoms. The van der Waals surface area contributed by atoms with Gasteiger partial charge in [-0.1, -0.05) is 0 Å². The number of carbonyl (C=O) groups is 2. The molecule has 0 aromatic carbocycles. The van der Waals surface area contributed by atoms with Gasteiger partial charge in [-0.05, 0) is 27.7 Å². The minimum atomic E-state index is -2.77. The summed E-state index contributed by atoms with van der Waals surface area (Å²) in [5, 5.41) is 12.5. The summed E-state index contributed by atoms with van der Waals surface area (Å²) in [6.45, 7) is 3.22. The number of rotatable bonds is 6. The molecule has 1 aromatic heterocycles. The standard InChI is InChI=1S/C13H19F2N3O3/c1-7(2)17(6-12(20)21)11(19)5-10-8(3)16-18(9(10)4)13(14)15/h7,13H,5-6H2,1-4H3,(H,20,21). The van der Waals surface area contributed by atoms with E-state index >= 15 is 0 Å². The Morgan fingerprint density at radius 3 is 2.29 bits per heavy atom. The van der Waals surface area contributed by atoms with Crippen LogP contribution < -0.4 is 0 Å². The van der Waals surface area contributed by atoms with Crippen LogP contribution in [0.1, 0.15) is 37.3 Å². The summed E-state index contributed by atoms with van der Waals surface area (Å²) in [5.41, 5.74) is 0.978. The number of aromatic nitrogens is 2. The number of carboxylic acid groups (broad SMARTS) is 1. The number of carbonyl (C=O) groups excluding carboxylic acids is 1. The molecule has 6 nitrogen and oxygen atoms in total. The number of hydrogen-bond donors (Lipinski definition) is 1. The van der Waals surface area contributed by atoms with Crippen LogP contribution >= 0.6 is 0 Å². The number of amides is 1. The second-order valence-corrected chi connectivity index (χ2v) is 5.06. The number of aryl methyl sites for hydroxylation is 1. The van der Waals surface area contributed by atoms with Gasteiger partial charge in [-0.25, -0.2) is 4.68 Å². The number of carboxylic acids is 1. The Bertz CT molecular complexity index is 541. The van der Waals surface area contributed by atoms with Crippen LogP contribution in [0.15, 0.2) is 0 Å². The Morgan fingerprint density at radius 1 is 1.33 bits per heavy atom. The molecular formula is C13H19F2N3O3. The van der Waals surface area contributed by atoms with Gasteiger partial charge in [0, 0.05) is 17.3 Å². The quantitative estimate of drug-likeness (QED) is 0.869. The Kier molecular flexibility index (Phi) is 5.40. The largest absolute Gasteiger partial charge is 0.480 e. The predicted octanol–water partition coefficient (Wildman–Crippen LogP) is 1.76. The molecule has 1 amide bonds. The molecule has 0 aliphatic heterocycles. The van der Waals surface area contributed by atoms with E-state index in [1.807, 2.05) is 0 Å². The molecule has 21 heavy (non-hydrogen) atoms. The summed E-state index contributed by atoms with van der Waals surface area (Å²) in [5.74, 6) is -1.54. The van der Waals surface area contributed by atoms with Gasteiger partial charge in [-0.3, -0.25) is 9.59 Å². The van der Waals surface area contributed by atoms with Crippen LogP contribution in [-0.2, 0) is 16.0 Å². The van der Waals surface area contributed by atoms with E-state index in [0.29, 0.717) is 15.9 Å². The van der Waals surface area contributed by atoms with Crippen molar-refractivity contribution in [2.45, 2.75) is 46.7 Å². The average molecular weight is 303 g/mol. The maximum atomic E-state index is 12.7. The molecule has 0 bridgehead atoms. The SMILES string of the molecule is Cc1nn(C(F)F)c(C)c1CC(=O)N(CC(=O)O)C(C)C. The van der Waals surface area contributed by atoms with E-state index in [-0.39, 0.29) is 18.2 Å². The smallest absolute Gasteiger partial charge is 0.333 e. The van der Waals surface area contributed by atoms with Gasteiger partial charge in [0.2, 0.25) is 5.91 Å². The lowest BCUT2D eigenvalue weighted by molar-refractivity contribution is -0.145. The summed E-state index contributed by atoms with van der Waals surface area (Å²) in [6, 6.07) is -0.292. The van der Waals surface area contributed by atoms with Crippen molar-refractivity contribution < 1.29 is 23.5 Å². The number of halogens is 2. The van der Waals surface area contributed by atoms with Crippen LogP contribution in [-0.4, -0.2) is 44.3 Å². The lowest BCUT2D eigenvalue weighted by Crippen LogP contribution is -2.41. The fraction of sp³-hybridized carbons (Fsp3) is 0.615. The number of nitrogens with zero attached hydrogens (tertiary/aromatic N) is 3. The highest BCUT2D eigenvalue weighted by Crippen LogP contribution is 2.20. The third-order valence-corrected chi connectivity index (χ3v) is 3.24. The van der Waals surface area contributed by atoms with Gasteiger partial charge in [-0.15, -0.1) is 0 Å². The minimum absolute atomic E-state index is 0.143. The lowest BCUT2D eigenvalue weighted by Gasteiger charge is -2.25. The molecule has 1 heterocycles. The maximum Gasteiger partial charge on any atom is 0.333 e. The average Bonchev–Trinajstić information content (AvgIpc) is 2.63. The van der Waals surface area contributed by atoms with Crippen molar-refractivity contribution in [3.8, 4) is 0 Å². The highest BCUT2D eigenvalue weighted by molar-refractivity contribution is 5.83. The minimum Gasteiger partial charge on any atom is -0.480 e. The number of hydrogen-bond acceptors (Lipinski definition) is 3. The Labute approximate surface area is 121 Å². The zero-order chi connectivity index (χ0) is 16.3. The second kappa shape index (κ2) is 6.64. The molecule has 0 aliphatic carbocycles. The van der Waals surface area contributed by atoms with Gasteiger partial charge >= 0.3 is 12.5 Å². The van der Waals surface area contributed by atoms with Crippen molar-refractivity contribution >= 4 is 11.9 Å². The lowest BCUT2D eigenvalue weighted by atomic mass is 10.1. The first kappa shape index (κ1) is 17.1. The van der Waals surface area contributed by atoms with Crippen LogP contribution in [0.4, 0.5) is 8.78 Å². The summed E-state index contributed by atoms with van der Waals surface area (Å²) < 4.78 is 26.1. The van der Waals surface area contributed by atoms with Crippen LogP contribution in [0.3, 0.4) is 0 Å². The van der Waals surface area contributed by atoms with Gasteiger partial charge in [-0.2, -0.15) is 13.9 Å². The Balaban J connectivity index is 2.99. The van der Waals surface area contributed by atoms with E-state index in [2.05, 4.69) is 5.10 Å². The normalized spacial score (nSPS) is 11.2. The molecule has 0 radical (unpaired) electrons. The summed E-state index contributed by atoms with van der Waals surface area (Å²) in [4.78, 5) is 24.2. The van der Waals surface area contributed by atoms with Crippen molar-refractivity contribution in [1.29, 1.82) is 0 Å². The van der Waals surface area contributed by atoms with E-state index in [0.717, 1.165) is 0 Å². The van der Waals surface area contributed by atoms with Crippen LogP contribution in [0.2, 0.25) is 0 Å². The molecule has 0 fully saturated rings. The monoisotopic (exact) mass is 303 g/mol. The van der Waals surface area contributed by atoms with Gasteiger partial charge in [0.25, 0.3) is 0 Å². The molecule has 0 saturated heterocycles. The maximum absolute atomic E-state index is 12.7. The van der Waals surface area contributed by atoms with Gasteiger partial charge in [0.1, 0.15) is 6.54 Å². The van der Waals surface area contributed by atoms with E-state index in [1.54, 1.807) is 20.8 Å². The third kappa shape index (κ3) is 3.99. The molecule has 0 unspecified atom stereocenters. The highest BCUT2D eigenvalue weighted by atomic mass is 19.3. The van der Waals surface area contributed by atoms with Crippen LogP contribution in [0, 0.1) is 13.8 Å². The fourth-order valence-corrected chi connectivity index (χ4v) is 2.10. The molecule has 1 rings (SSSR count). The Hall–Kier alpha value is -1.99. The van der Waals surface area contributed by atoms with Gasteiger partial charge in [0.15, 0.2) is 0 Å². The molecule has 0 saturated carbocycles. The molecule has 1 N–H and O–H groups in total. The topological polar surface area (TPSA) is 75.4 Å². The molecule has 0 atom stereocenters. The summed E-state index contributed by atoms with van der Waals surface area (Å²) in [7, 11) is 0. The molecular weight excluding hydrogens is 284 g/mol. The number of alkyl halides is 2. The van der Waals surface area contributed by atoms with E-state index in [9.17, 15) is 18.4 Å². The fourth-order valence-electron chi connectivity index (χ4n) is 2.10. The first-order chi connectivity index (χ1) is 9.65. The van der Waals surface area contributed by atoms with E-state index in [4.69, 9.17) is 5.11 Å². The highest BCUT2D eigenvalue weighted by Gasteiger charge is 2.24. The molecule has 0 aliphatic rings. The van der Waals surface area contributed by atoms with Crippen molar-refractivity contribution in [3.05, 3.63) is 17.0 Å². The second-order valence-electron chi connectivity index (χ2n) is 5.06. The van der Waals surface area contributed by atoms with Gasteiger partial charge in [0.05, 0.1) is 12.1 Å². The third-order valence-electron chi connectivity index (χ3n) is 3.24. The first-order valence-electron chi connectivity index (χ1n) is 6.49. The van der Waals surface area contributed by atoms with Gasteiger partial charge < -0.3 is 10.0 Å². The van der Waals surface area contributed by atoms with Crippen molar-refractivity contribution in [2.75, 3.05) is 6.54 Å². The van der Waals surface area contributed by atoms with Crippen molar-refractivity contribution in [3.63, 3.8) is 0 Å². The van der Waals surface area contributed by atoms with Crippen LogP contribution in [0.25, 0.3) is 0 Å². The zero-order valence-corrected chi connectivity index (χ0v) is 12.4. The van der Waals surface area contributed by atoms with E-state index < -0.39 is 25.0 Å². The molecule has 1 aromatic rings. The first-order valence-corrected chi connectivity index (χ1v) is 6.49. The van der Waals surface area contributed by atoms with Crippen molar-refractivity contribution in [1.82, 2.24) is 14.7 Å². The summed E-state index contributed by atoms with van der Waals surface area (Å²) in [6.07, 6.45) is -0.143. The Morgan fingerprint density at radius 2 is 1.90 bits per heavy atom. The van der Waals surface area contributed by atoms with Crippen molar-refractivity contribution in [2.24, 2.45) is 0 Å². The predicted molar refractivity (Wildman–Crippen MR) is 71.1 cm³/mol. The molecule has 118 valence electrons. The van der Waals surface area contributed by atoms with Crippen LogP contribution in [0.5, 0.6) is 0 Å². The summed E-state index contributed by atoms with van der Waals surface area (Å²) >= 11 is 0. The zero-order valence-electron chi connectivity index (χ0n) is 12.4. The van der Waals surface area contributed by atoms with E-state index in [1.165, 1.54) is 11.8 Å².